The van der Waals surface area contributed by atoms with Gasteiger partial charge >= 0.3 is 0 Å². The molecule has 0 aromatic heterocycles. The highest BCUT2D eigenvalue weighted by molar-refractivity contribution is 5.46. The van der Waals surface area contributed by atoms with E-state index < -0.39 is 5.54 Å². The lowest BCUT2D eigenvalue weighted by Crippen LogP contribution is -2.34. The predicted molar refractivity (Wildman–Crippen MR) is 62.0 cm³/mol. The van der Waals surface area contributed by atoms with Crippen LogP contribution in [-0.2, 0) is 5.54 Å². The second-order valence-corrected chi connectivity index (χ2v) is 4.64. The van der Waals surface area contributed by atoms with Crippen molar-refractivity contribution in [2.24, 2.45) is 5.73 Å². The van der Waals surface area contributed by atoms with Crippen molar-refractivity contribution in [1.29, 1.82) is 0 Å². The molecule has 3 heteroatoms. The lowest BCUT2D eigenvalue weighted by atomic mass is 9.85. The zero-order valence-corrected chi connectivity index (χ0v) is 9.85. The number of nitrogens with two attached hydrogens (primary N) is 1. The van der Waals surface area contributed by atoms with Gasteiger partial charge in [0.25, 0.3) is 0 Å². The normalized spacial score (nSPS) is 18.8. The Balaban J connectivity index is 2.57. The monoisotopic (exact) mass is 223 g/mol. The van der Waals surface area contributed by atoms with Gasteiger partial charge in [-0.25, -0.2) is 4.39 Å². The average molecular weight is 223 g/mol. The zero-order chi connectivity index (χ0) is 11.8. The van der Waals surface area contributed by atoms with Crippen LogP contribution in [0.4, 0.5) is 4.39 Å². The van der Waals surface area contributed by atoms with Gasteiger partial charge in [-0.3, -0.25) is 0 Å². The fourth-order valence-electron chi connectivity index (χ4n) is 2.73. The summed E-state index contributed by atoms with van der Waals surface area (Å²) in [5.41, 5.74) is 7.85. The summed E-state index contributed by atoms with van der Waals surface area (Å²) < 4.78 is 18.9. The molecule has 0 radical (unpaired) electrons. The van der Waals surface area contributed by atoms with Crippen LogP contribution in [0.5, 0.6) is 5.75 Å². The van der Waals surface area contributed by atoms with Gasteiger partial charge in [0.15, 0.2) is 11.6 Å². The van der Waals surface area contributed by atoms with E-state index >= 15 is 0 Å². The molecule has 1 aromatic carbocycles. The van der Waals surface area contributed by atoms with E-state index in [4.69, 9.17) is 10.5 Å². The van der Waals surface area contributed by atoms with E-state index in [9.17, 15) is 4.39 Å². The summed E-state index contributed by atoms with van der Waals surface area (Å²) in [7, 11) is 1.50. The first-order valence-corrected chi connectivity index (χ1v) is 5.71. The number of hydrogen-bond acceptors (Lipinski definition) is 2. The molecule has 0 heterocycles. The number of rotatable bonds is 2. The molecular formula is C13H18FNO. The van der Waals surface area contributed by atoms with Crippen molar-refractivity contribution >= 4 is 0 Å². The topological polar surface area (TPSA) is 35.2 Å². The maximum Gasteiger partial charge on any atom is 0.165 e. The Bertz CT molecular complexity index is 397. The zero-order valence-electron chi connectivity index (χ0n) is 9.85. The van der Waals surface area contributed by atoms with E-state index in [0.717, 1.165) is 36.8 Å². The van der Waals surface area contributed by atoms with Gasteiger partial charge in [-0.2, -0.15) is 0 Å². The predicted octanol–water partition coefficient (Wildman–Crippen LogP) is 2.87. The van der Waals surface area contributed by atoms with E-state index in [-0.39, 0.29) is 5.82 Å². The van der Waals surface area contributed by atoms with Crippen LogP contribution in [0.2, 0.25) is 0 Å². The summed E-state index contributed by atoms with van der Waals surface area (Å²) in [5.74, 6) is 0.00391. The van der Waals surface area contributed by atoms with Crippen molar-refractivity contribution in [3.8, 4) is 5.75 Å². The molecule has 1 saturated carbocycles. The fraction of sp³-hybridized carbons (Fsp3) is 0.538. The molecule has 0 saturated heterocycles. The number of aryl methyl sites for hydroxylation is 1. The van der Waals surface area contributed by atoms with Crippen molar-refractivity contribution in [2.75, 3.05) is 7.11 Å². The maximum absolute atomic E-state index is 13.7. The molecule has 1 fully saturated rings. The van der Waals surface area contributed by atoms with Crippen LogP contribution in [0.1, 0.15) is 36.8 Å². The summed E-state index contributed by atoms with van der Waals surface area (Å²) in [4.78, 5) is 0. The highest BCUT2D eigenvalue weighted by Crippen LogP contribution is 2.43. The largest absolute Gasteiger partial charge is 0.493 e. The third kappa shape index (κ3) is 1.69. The Morgan fingerprint density at radius 2 is 1.94 bits per heavy atom. The smallest absolute Gasteiger partial charge is 0.165 e. The Morgan fingerprint density at radius 1 is 1.31 bits per heavy atom. The van der Waals surface area contributed by atoms with Crippen LogP contribution in [0.3, 0.4) is 0 Å². The molecular weight excluding hydrogens is 205 g/mol. The first-order chi connectivity index (χ1) is 7.58. The van der Waals surface area contributed by atoms with Crippen LogP contribution in [-0.4, -0.2) is 7.11 Å². The molecule has 1 aliphatic carbocycles. The van der Waals surface area contributed by atoms with E-state index in [1.165, 1.54) is 13.2 Å². The molecule has 2 rings (SSSR count). The Labute approximate surface area is 95.6 Å². The highest BCUT2D eigenvalue weighted by atomic mass is 19.1. The summed E-state index contributed by atoms with van der Waals surface area (Å²) >= 11 is 0. The SMILES string of the molecule is COc1c(F)ccc(C)c1C1(N)CCCC1. The minimum Gasteiger partial charge on any atom is -0.493 e. The molecule has 0 atom stereocenters. The minimum absolute atomic E-state index is 0.320. The number of benzene rings is 1. The average Bonchev–Trinajstić information content (AvgIpc) is 2.69. The first kappa shape index (κ1) is 11.4. The summed E-state index contributed by atoms with van der Waals surface area (Å²) in [6.45, 7) is 1.96. The van der Waals surface area contributed by atoms with Gasteiger partial charge in [0.05, 0.1) is 7.11 Å². The second-order valence-electron chi connectivity index (χ2n) is 4.64. The summed E-state index contributed by atoms with van der Waals surface area (Å²) in [5, 5.41) is 0. The van der Waals surface area contributed by atoms with Crippen LogP contribution in [0, 0.1) is 12.7 Å². The van der Waals surface area contributed by atoms with Gasteiger partial charge in [-0.15, -0.1) is 0 Å². The van der Waals surface area contributed by atoms with Crippen molar-refractivity contribution in [1.82, 2.24) is 0 Å². The van der Waals surface area contributed by atoms with E-state index in [1.54, 1.807) is 6.07 Å². The molecule has 2 nitrogen and oxygen atoms in total. The first-order valence-electron chi connectivity index (χ1n) is 5.71. The summed E-state index contributed by atoms with van der Waals surface area (Å²) in [6, 6.07) is 3.22. The van der Waals surface area contributed by atoms with Crippen LogP contribution in [0.25, 0.3) is 0 Å². The standard InChI is InChI=1S/C13H18FNO/c1-9-5-6-10(14)12(16-2)11(9)13(15)7-3-4-8-13/h5-6H,3-4,7-8,15H2,1-2H3. The van der Waals surface area contributed by atoms with Crippen molar-refractivity contribution in [3.05, 3.63) is 29.1 Å². The van der Waals surface area contributed by atoms with Crippen molar-refractivity contribution in [3.63, 3.8) is 0 Å². The third-order valence-electron chi connectivity index (χ3n) is 3.52. The minimum atomic E-state index is -0.405. The molecule has 0 spiro atoms. The van der Waals surface area contributed by atoms with Gasteiger partial charge < -0.3 is 10.5 Å². The molecule has 0 bridgehead atoms. The number of methoxy groups -OCH3 is 1. The van der Waals surface area contributed by atoms with Gasteiger partial charge in [-0.05, 0) is 31.4 Å². The van der Waals surface area contributed by atoms with Crippen molar-refractivity contribution in [2.45, 2.75) is 38.1 Å². The highest BCUT2D eigenvalue weighted by Gasteiger charge is 2.36. The van der Waals surface area contributed by atoms with E-state index in [0.29, 0.717) is 5.75 Å². The number of hydrogen-bond donors (Lipinski definition) is 1. The second kappa shape index (κ2) is 4.06. The molecule has 0 amide bonds. The van der Waals surface area contributed by atoms with E-state index in [1.807, 2.05) is 6.92 Å². The van der Waals surface area contributed by atoms with Gasteiger partial charge in [0.2, 0.25) is 0 Å². The molecule has 1 aromatic rings. The molecule has 0 aliphatic heterocycles. The Morgan fingerprint density at radius 3 is 2.50 bits per heavy atom. The lowest BCUT2D eigenvalue weighted by Gasteiger charge is -2.28. The quantitative estimate of drug-likeness (QED) is 0.836. The van der Waals surface area contributed by atoms with Gasteiger partial charge in [-0.1, -0.05) is 18.9 Å². The molecule has 2 N–H and O–H groups in total. The number of halogens is 1. The molecule has 0 unspecified atom stereocenters. The molecule has 1 aliphatic rings. The third-order valence-corrected chi connectivity index (χ3v) is 3.52. The van der Waals surface area contributed by atoms with Gasteiger partial charge in [0.1, 0.15) is 0 Å². The van der Waals surface area contributed by atoms with Crippen LogP contribution >= 0.6 is 0 Å². The van der Waals surface area contributed by atoms with E-state index in [2.05, 4.69) is 0 Å². The van der Waals surface area contributed by atoms with Gasteiger partial charge in [0, 0.05) is 11.1 Å². The fourth-order valence-corrected chi connectivity index (χ4v) is 2.73. The Kier molecular flexibility index (Phi) is 2.89. The maximum atomic E-state index is 13.7. The van der Waals surface area contributed by atoms with Crippen LogP contribution < -0.4 is 10.5 Å². The number of ether oxygens (including phenoxy) is 1. The molecule has 16 heavy (non-hydrogen) atoms. The van der Waals surface area contributed by atoms with Crippen LogP contribution in [0.15, 0.2) is 12.1 Å². The van der Waals surface area contributed by atoms with Crippen molar-refractivity contribution < 1.29 is 9.13 Å². The lowest BCUT2D eigenvalue weighted by molar-refractivity contribution is 0.355. The summed E-state index contributed by atoms with van der Waals surface area (Å²) in [6.07, 6.45) is 4.03. The molecule has 88 valence electrons. The Hall–Kier alpha value is -1.09.